The Morgan fingerprint density at radius 2 is 1.41 bits per heavy atom. The van der Waals surface area contributed by atoms with Gasteiger partial charge in [-0.25, -0.2) is 4.79 Å². The second-order valence-corrected chi connectivity index (χ2v) is 10.8. The summed E-state index contributed by atoms with van der Waals surface area (Å²) in [4.78, 5) is 20.4. The molecule has 0 saturated carbocycles. The number of esters is 1. The van der Waals surface area contributed by atoms with E-state index in [1.54, 1.807) is 12.1 Å². The molecule has 1 N–H and O–H groups in total. The van der Waals surface area contributed by atoms with Gasteiger partial charge in [0.05, 0.1) is 0 Å². The van der Waals surface area contributed by atoms with Crippen molar-refractivity contribution in [3.8, 4) is 28.4 Å². The number of H-pyrrole nitrogens is 1. The van der Waals surface area contributed by atoms with Crippen molar-refractivity contribution in [1.29, 1.82) is 0 Å². The van der Waals surface area contributed by atoms with Gasteiger partial charge in [0.25, 0.3) is 0 Å². The van der Waals surface area contributed by atoms with Crippen molar-refractivity contribution in [2.24, 2.45) is 0 Å². The second-order valence-electron chi connectivity index (χ2n) is 10.8. The molecule has 0 aliphatic heterocycles. The number of aromatic amines is 1. The van der Waals surface area contributed by atoms with Crippen molar-refractivity contribution < 1.29 is 14.3 Å². The minimum Gasteiger partial charge on any atom is -0.473 e. The fraction of sp³-hybridized carbons (Fsp3) is 0.162. The maximum atomic E-state index is 13.5. The zero-order valence-electron chi connectivity index (χ0n) is 25.5. The van der Waals surface area contributed by atoms with Crippen LogP contribution in [0.4, 0.5) is 5.82 Å². The van der Waals surface area contributed by atoms with Gasteiger partial charge < -0.3 is 14.4 Å². The van der Waals surface area contributed by atoms with Crippen LogP contribution in [-0.4, -0.2) is 38.1 Å². The number of nitrogens with one attached hydrogen (secondary N) is 1. The maximum absolute atomic E-state index is 13.5. The van der Waals surface area contributed by atoms with E-state index >= 15 is 0 Å². The Labute approximate surface area is 267 Å². The Balaban J connectivity index is 1.27. The Kier molecular flexibility index (Phi) is 9.70. The highest BCUT2D eigenvalue weighted by molar-refractivity contribution is 5.95. The van der Waals surface area contributed by atoms with Crippen molar-refractivity contribution in [3.05, 3.63) is 144 Å². The van der Waals surface area contributed by atoms with Crippen molar-refractivity contribution >= 4 is 11.8 Å². The summed E-state index contributed by atoms with van der Waals surface area (Å²) < 4.78 is 11.8. The van der Waals surface area contributed by atoms with E-state index in [0.29, 0.717) is 42.8 Å². The van der Waals surface area contributed by atoms with E-state index in [0.717, 1.165) is 39.8 Å². The van der Waals surface area contributed by atoms with Crippen molar-refractivity contribution in [1.82, 2.24) is 25.6 Å². The normalized spacial score (nSPS) is 10.8. The lowest BCUT2D eigenvalue weighted by Gasteiger charge is -2.26. The molecule has 2 aromatic heterocycles. The molecular formula is C37H34N6O3. The molecular weight excluding hydrogens is 576 g/mol. The number of hydrogen-bond donors (Lipinski definition) is 1. The zero-order chi connectivity index (χ0) is 31.6. The number of anilines is 1. The van der Waals surface area contributed by atoms with Gasteiger partial charge in [0.15, 0.2) is 0 Å². The number of hydrogen-bond acceptors (Lipinski definition) is 8. The van der Waals surface area contributed by atoms with E-state index in [1.807, 2.05) is 84.9 Å². The van der Waals surface area contributed by atoms with Crippen molar-refractivity contribution in [3.63, 3.8) is 0 Å². The van der Waals surface area contributed by atoms with Crippen LogP contribution in [0.1, 0.15) is 40.4 Å². The molecule has 6 rings (SSSR count). The number of tetrazole rings is 1. The summed E-state index contributed by atoms with van der Waals surface area (Å²) in [7, 11) is 0. The van der Waals surface area contributed by atoms with E-state index in [9.17, 15) is 4.79 Å². The first kappa shape index (κ1) is 30.2. The second kappa shape index (κ2) is 14.8. The molecule has 0 atom stereocenters. The van der Waals surface area contributed by atoms with Crippen LogP contribution in [-0.2, 0) is 24.5 Å². The molecule has 46 heavy (non-hydrogen) atoms. The molecule has 0 fully saturated rings. The van der Waals surface area contributed by atoms with Crippen molar-refractivity contribution in [2.75, 3.05) is 11.4 Å². The van der Waals surface area contributed by atoms with Gasteiger partial charge in [-0.1, -0.05) is 116 Å². The van der Waals surface area contributed by atoms with Gasteiger partial charge in [-0.2, -0.15) is 10.2 Å². The summed E-state index contributed by atoms with van der Waals surface area (Å²) in [6.07, 6.45) is 0.853. The minimum atomic E-state index is -0.435. The highest BCUT2D eigenvalue weighted by Crippen LogP contribution is 2.31. The van der Waals surface area contributed by atoms with Crippen LogP contribution in [0, 0.1) is 0 Å². The van der Waals surface area contributed by atoms with Crippen LogP contribution in [0.2, 0.25) is 0 Å². The average Bonchev–Trinajstić information content (AvgIpc) is 3.66. The Morgan fingerprint density at radius 3 is 2.09 bits per heavy atom. The highest BCUT2D eigenvalue weighted by atomic mass is 16.5. The first-order valence-corrected chi connectivity index (χ1v) is 15.2. The van der Waals surface area contributed by atoms with Crippen LogP contribution in [0.15, 0.2) is 121 Å². The molecule has 0 aliphatic carbocycles. The van der Waals surface area contributed by atoms with E-state index < -0.39 is 5.97 Å². The molecule has 0 bridgehead atoms. The number of aromatic nitrogens is 5. The third-order valence-corrected chi connectivity index (χ3v) is 7.46. The van der Waals surface area contributed by atoms with Crippen LogP contribution in [0.5, 0.6) is 5.88 Å². The Bertz CT molecular complexity index is 1850. The SMILES string of the molecule is CCCN(Cc1ccc(-c2ccccc2-c2nn[nH]n2)cc1)c1nc(OCc2ccccc2)ccc1C(=O)OCc1ccccc1. The van der Waals surface area contributed by atoms with Gasteiger partial charge >= 0.3 is 5.97 Å². The van der Waals surface area contributed by atoms with Crippen LogP contribution in [0.25, 0.3) is 22.5 Å². The van der Waals surface area contributed by atoms with Gasteiger partial charge in [0.1, 0.15) is 24.6 Å². The van der Waals surface area contributed by atoms with Gasteiger partial charge in [0, 0.05) is 24.7 Å². The lowest BCUT2D eigenvalue weighted by atomic mass is 9.98. The predicted octanol–water partition coefficient (Wildman–Crippen LogP) is 7.28. The zero-order valence-corrected chi connectivity index (χ0v) is 25.5. The van der Waals surface area contributed by atoms with Crippen LogP contribution >= 0.6 is 0 Å². The lowest BCUT2D eigenvalue weighted by molar-refractivity contribution is 0.0473. The number of carbonyl (C=O) groups excluding carboxylic acids is 1. The molecule has 4 aromatic carbocycles. The standard InChI is InChI=1S/C37H34N6O3/c1-2-23-43(24-27-17-19-30(20-18-27)31-15-9-10-16-32(31)35-39-41-42-40-35)36-33(37(44)46-26-29-13-7-4-8-14-29)21-22-34(38-36)45-25-28-11-5-3-6-12-28/h3-22H,2,23-26H2,1H3,(H,39,40,41,42). The minimum absolute atomic E-state index is 0.173. The Morgan fingerprint density at radius 1 is 0.739 bits per heavy atom. The molecule has 0 unspecified atom stereocenters. The molecule has 0 saturated heterocycles. The number of nitrogens with zero attached hydrogens (tertiary/aromatic N) is 5. The summed E-state index contributed by atoms with van der Waals surface area (Å²) >= 11 is 0. The van der Waals surface area contributed by atoms with Gasteiger partial charge in [0.2, 0.25) is 11.7 Å². The molecule has 9 heteroatoms. The molecule has 230 valence electrons. The number of ether oxygens (including phenoxy) is 2. The predicted molar refractivity (Wildman–Crippen MR) is 177 cm³/mol. The van der Waals surface area contributed by atoms with E-state index in [-0.39, 0.29) is 6.61 Å². The number of pyridine rings is 1. The van der Waals surface area contributed by atoms with E-state index in [2.05, 4.69) is 56.7 Å². The Hall–Kier alpha value is -5.83. The molecule has 2 heterocycles. The highest BCUT2D eigenvalue weighted by Gasteiger charge is 2.21. The first-order chi connectivity index (χ1) is 22.7. The molecule has 0 amide bonds. The fourth-order valence-electron chi connectivity index (χ4n) is 5.19. The largest absolute Gasteiger partial charge is 0.473 e. The van der Waals surface area contributed by atoms with E-state index in [1.165, 1.54) is 0 Å². The average molecular weight is 611 g/mol. The van der Waals surface area contributed by atoms with E-state index in [4.69, 9.17) is 14.5 Å². The topological polar surface area (TPSA) is 106 Å². The van der Waals surface area contributed by atoms with Gasteiger partial charge in [-0.15, -0.1) is 10.2 Å². The number of carbonyl (C=O) groups is 1. The smallest absolute Gasteiger partial charge is 0.342 e. The molecule has 0 aliphatic rings. The fourth-order valence-corrected chi connectivity index (χ4v) is 5.19. The summed E-state index contributed by atoms with van der Waals surface area (Å²) in [5.41, 5.74) is 6.34. The summed E-state index contributed by atoms with van der Waals surface area (Å²) in [6, 6.07) is 39.4. The van der Waals surface area contributed by atoms with Crippen LogP contribution in [0.3, 0.4) is 0 Å². The lowest BCUT2D eigenvalue weighted by Crippen LogP contribution is -2.27. The monoisotopic (exact) mass is 610 g/mol. The maximum Gasteiger partial charge on any atom is 0.342 e. The van der Waals surface area contributed by atoms with Crippen LogP contribution < -0.4 is 9.64 Å². The van der Waals surface area contributed by atoms with Gasteiger partial charge in [-0.05, 0) is 45.5 Å². The number of benzene rings is 4. The quantitative estimate of drug-likeness (QED) is 0.136. The molecule has 6 aromatic rings. The molecule has 0 radical (unpaired) electrons. The summed E-state index contributed by atoms with van der Waals surface area (Å²) in [5.74, 6) is 1.07. The molecule has 0 spiro atoms. The summed E-state index contributed by atoms with van der Waals surface area (Å²) in [6.45, 7) is 3.86. The first-order valence-electron chi connectivity index (χ1n) is 15.2. The van der Waals surface area contributed by atoms with Gasteiger partial charge in [-0.3, -0.25) is 0 Å². The third-order valence-electron chi connectivity index (χ3n) is 7.46. The number of rotatable bonds is 13. The third kappa shape index (κ3) is 7.44. The van der Waals surface area contributed by atoms with Crippen molar-refractivity contribution in [2.45, 2.75) is 33.1 Å². The summed E-state index contributed by atoms with van der Waals surface area (Å²) in [5, 5.41) is 14.6. The molecule has 9 nitrogen and oxygen atoms in total.